The van der Waals surface area contributed by atoms with Crippen molar-refractivity contribution >= 4 is 17.0 Å². The van der Waals surface area contributed by atoms with Gasteiger partial charge in [0.1, 0.15) is 0 Å². The maximum atomic E-state index is 4.56. The Balaban J connectivity index is 1.60. The van der Waals surface area contributed by atoms with E-state index in [9.17, 15) is 0 Å². The largest absolute Gasteiger partial charge is 0.352 e. The molecular formula is C15H22N4. The molecule has 1 unspecified atom stereocenters. The lowest BCUT2D eigenvalue weighted by molar-refractivity contribution is 0.223. The van der Waals surface area contributed by atoms with Crippen LogP contribution in [0.1, 0.15) is 26.2 Å². The number of fused-ring (bicyclic) bond motifs is 1. The van der Waals surface area contributed by atoms with Gasteiger partial charge in [-0.2, -0.15) is 0 Å². The van der Waals surface area contributed by atoms with Gasteiger partial charge in [-0.1, -0.05) is 18.6 Å². The molecule has 1 fully saturated rings. The van der Waals surface area contributed by atoms with Crippen molar-refractivity contribution in [2.24, 2.45) is 0 Å². The summed E-state index contributed by atoms with van der Waals surface area (Å²) in [6, 6.07) is 8.56. The minimum absolute atomic E-state index is 0.415. The number of anilines is 1. The molecule has 2 heterocycles. The molecule has 1 atom stereocenters. The van der Waals surface area contributed by atoms with E-state index >= 15 is 0 Å². The molecule has 0 bridgehead atoms. The number of piperidine rings is 1. The number of nitrogens with zero attached hydrogens (tertiary/aromatic N) is 2. The lowest BCUT2D eigenvalue weighted by atomic mass is 10.1. The van der Waals surface area contributed by atoms with Gasteiger partial charge in [-0.05, 0) is 45.0 Å². The predicted octanol–water partition coefficient (Wildman–Crippen LogP) is 2.85. The molecule has 2 N–H and O–H groups in total. The van der Waals surface area contributed by atoms with Crippen LogP contribution in [0.2, 0.25) is 0 Å². The Morgan fingerprint density at radius 3 is 2.84 bits per heavy atom. The highest BCUT2D eigenvalue weighted by molar-refractivity contribution is 5.77. The van der Waals surface area contributed by atoms with E-state index in [1.165, 1.54) is 32.4 Å². The van der Waals surface area contributed by atoms with Gasteiger partial charge in [-0.25, -0.2) is 4.98 Å². The standard InChI is InChI=1S/C15H22N4/c1-12(11-19-9-5-2-6-10-19)16-15-17-13-7-3-4-8-14(13)18-15/h3-4,7-8,12H,2,5-6,9-11H2,1H3,(H2,16,17,18). The fourth-order valence-electron chi connectivity index (χ4n) is 2.83. The number of hydrogen-bond acceptors (Lipinski definition) is 3. The van der Waals surface area contributed by atoms with Crippen LogP contribution in [0.5, 0.6) is 0 Å². The van der Waals surface area contributed by atoms with Gasteiger partial charge in [0.25, 0.3) is 0 Å². The van der Waals surface area contributed by atoms with Crippen LogP contribution >= 0.6 is 0 Å². The van der Waals surface area contributed by atoms with Gasteiger partial charge in [-0.15, -0.1) is 0 Å². The number of benzene rings is 1. The van der Waals surface area contributed by atoms with E-state index in [4.69, 9.17) is 0 Å². The smallest absolute Gasteiger partial charge is 0.201 e. The molecular weight excluding hydrogens is 236 g/mol. The van der Waals surface area contributed by atoms with E-state index in [-0.39, 0.29) is 0 Å². The van der Waals surface area contributed by atoms with Gasteiger partial charge in [0, 0.05) is 12.6 Å². The predicted molar refractivity (Wildman–Crippen MR) is 79.5 cm³/mol. The third-order valence-corrected chi connectivity index (χ3v) is 3.75. The molecule has 3 rings (SSSR count). The minimum atomic E-state index is 0.415. The van der Waals surface area contributed by atoms with Gasteiger partial charge < -0.3 is 15.2 Å². The first-order chi connectivity index (χ1) is 9.31. The van der Waals surface area contributed by atoms with E-state index in [1.54, 1.807) is 0 Å². The summed E-state index contributed by atoms with van der Waals surface area (Å²) in [6.45, 7) is 5.80. The Labute approximate surface area is 114 Å². The van der Waals surface area contributed by atoms with Crippen molar-refractivity contribution in [1.29, 1.82) is 0 Å². The van der Waals surface area contributed by atoms with Gasteiger partial charge in [0.2, 0.25) is 5.95 Å². The van der Waals surface area contributed by atoms with Crippen LogP contribution in [0.3, 0.4) is 0 Å². The maximum Gasteiger partial charge on any atom is 0.201 e. The van der Waals surface area contributed by atoms with Crippen molar-refractivity contribution in [3.05, 3.63) is 24.3 Å². The van der Waals surface area contributed by atoms with Crippen molar-refractivity contribution in [1.82, 2.24) is 14.9 Å². The molecule has 0 radical (unpaired) electrons. The maximum absolute atomic E-state index is 4.56. The number of para-hydroxylation sites is 2. The van der Waals surface area contributed by atoms with Crippen molar-refractivity contribution in [2.45, 2.75) is 32.2 Å². The highest BCUT2D eigenvalue weighted by atomic mass is 15.2. The number of aromatic amines is 1. The number of hydrogen-bond donors (Lipinski definition) is 2. The second-order valence-electron chi connectivity index (χ2n) is 5.51. The molecule has 4 nitrogen and oxygen atoms in total. The second kappa shape index (κ2) is 5.61. The first-order valence-corrected chi connectivity index (χ1v) is 7.25. The highest BCUT2D eigenvalue weighted by Gasteiger charge is 2.14. The van der Waals surface area contributed by atoms with Crippen LogP contribution in [0.25, 0.3) is 11.0 Å². The molecule has 1 aliphatic heterocycles. The Morgan fingerprint density at radius 1 is 1.26 bits per heavy atom. The Morgan fingerprint density at radius 2 is 2.05 bits per heavy atom. The first-order valence-electron chi connectivity index (χ1n) is 7.25. The summed E-state index contributed by atoms with van der Waals surface area (Å²) >= 11 is 0. The monoisotopic (exact) mass is 258 g/mol. The second-order valence-corrected chi connectivity index (χ2v) is 5.51. The third kappa shape index (κ3) is 3.07. The first kappa shape index (κ1) is 12.5. The molecule has 1 aromatic carbocycles. The van der Waals surface area contributed by atoms with Crippen LogP contribution in [0.4, 0.5) is 5.95 Å². The summed E-state index contributed by atoms with van der Waals surface area (Å²) in [7, 11) is 0. The summed E-state index contributed by atoms with van der Waals surface area (Å²) in [4.78, 5) is 10.4. The number of rotatable bonds is 4. The van der Waals surface area contributed by atoms with Gasteiger partial charge in [0.05, 0.1) is 11.0 Å². The van der Waals surface area contributed by atoms with Gasteiger partial charge in [0.15, 0.2) is 0 Å². The molecule has 1 aliphatic rings. The molecule has 0 saturated carbocycles. The highest BCUT2D eigenvalue weighted by Crippen LogP contribution is 2.15. The van der Waals surface area contributed by atoms with E-state index in [0.717, 1.165) is 23.5 Å². The minimum Gasteiger partial charge on any atom is -0.352 e. The molecule has 1 aromatic heterocycles. The zero-order valence-corrected chi connectivity index (χ0v) is 11.5. The number of aromatic nitrogens is 2. The lowest BCUT2D eigenvalue weighted by Gasteiger charge is -2.29. The molecule has 0 spiro atoms. The normalized spacial score (nSPS) is 18.6. The molecule has 102 valence electrons. The molecule has 0 amide bonds. The van der Waals surface area contributed by atoms with Crippen molar-refractivity contribution in [3.63, 3.8) is 0 Å². The molecule has 1 saturated heterocycles. The third-order valence-electron chi connectivity index (χ3n) is 3.75. The van der Waals surface area contributed by atoms with Crippen LogP contribution < -0.4 is 5.32 Å². The number of H-pyrrole nitrogens is 1. The quantitative estimate of drug-likeness (QED) is 0.886. The van der Waals surface area contributed by atoms with E-state index in [2.05, 4.69) is 33.2 Å². The van der Waals surface area contributed by atoms with Gasteiger partial charge >= 0.3 is 0 Å². The number of likely N-dealkylation sites (tertiary alicyclic amines) is 1. The van der Waals surface area contributed by atoms with Crippen molar-refractivity contribution in [3.8, 4) is 0 Å². The van der Waals surface area contributed by atoms with Crippen LogP contribution in [-0.4, -0.2) is 40.5 Å². The summed E-state index contributed by atoms with van der Waals surface area (Å²) in [5.41, 5.74) is 2.12. The fourth-order valence-corrected chi connectivity index (χ4v) is 2.83. The average molecular weight is 258 g/mol. The van der Waals surface area contributed by atoms with E-state index < -0.39 is 0 Å². The van der Waals surface area contributed by atoms with Crippen LogP contribution in [-0.2, 0) is 0 Å². The summed E-state index contributed by atoms with van der Waals surface area (Å²) in [6.07, 6.45) is 4.08. The molecule has 4 heteroatoms. The lowest BCUT2D eigenvalue weighted by Crippen LogP contribution is -2.38. The molecule has 2 aromatic rings. The number of nitrogens with one attached hydrogen (secondary N) is 2. The zero-order valence-electron chi connectivity index (χ0n) is 11.5. The van der Waals surface area contributed by atoms with E-state index in [1.807, 2.05) is 18.2 Å². The van der Waals surface area contributed by atoms with Crippen molar-refractivity contribution < 1.29 is 0 Å². The number of imidazole rings is 1. The Hall–Kier alpha value is -1.55. The molecule has 0 aliphatic carbocycles. The zero-order chi connectivity index (χ0) is 13.1. The van der Waals surface area contributed by atoms with E-state index in [0.29, 0.717) is 6.04 Å². The average Bonchev–Trinajstić information content (AvgIpc) is 2.81. The Bertz CT molecular complexity index is 495. The summed E-state index contributed by atoms with van der Waals surface area (Å²) < 4.78 is 0. The fraction of sp³-hybridized carbons (Fsp3) is 0.533. The summed E-state index contributed by atoms with van der Waals surface area (Å²) in [5.74, 6) is 0.880. The van der Waals surface area contributed by atoms with Gasteiger partial charge in [-0.3, -0.25) is 0 Å². The van der Waals surface area contributed by atoms with Crippen LogP contribution in [0.15, 0.2) is 24.3 Å². The van der Waals surface area contributed by atoms with Crippen LogP contribution in [0, 0.1) is 0 Å². The summed E-state index contributed by atoms with van der Waals surface area (Å²) in [5, 5.41) is 3.47. The topological polar surface area (TPSA) is 44.0 Å². The Kier molecular flexibility index (Phi) is 3.69. The van der Waals surface area contributed by atoms with Crippen molar-refractivity contribution in [2.75, 3.05) is 25.0 Å². The SMILES string of the molecule is CC(CN1CCCCC1)Nc1nc2ccccc2[nH]1. The molecule has 19 heavy (non-hydrogen) atoms.